The van der Waals surface area contributed by atoms with Crippen LogP contribution >= 0.6 is 0 Å². The Bertz CT molecular complexity index is 386. The summed E-state index contributed by atoms with van der Waals surface area (Å²) >= 11 is 0. The number of nitrogens with two attached hydrogens (primary N) is 1. The Balaban J connectivity index is 2.27. The van der Waals surface area contributed by atoms with Crippen LogP contribution in [0.3, 0.4) is 0 Å². The molecule has 3 nitrogen and oxygen atoms in total. The van der Waals surface area contributed by atoms with Gasteiger partial charge in [-0.3, -0.25) is 0 Å². The normalized spacial score (nSPS) is 13.3. The van der Waals surface area contributed by atoms with E-state index in [1.54, 1.807) is 6.20 Å². The molecule has 0 aromatic carbocycles. The van der Waals surface area contributed by atoms with Gasteiger partial charge in [0, 0.05) is 29.7 Å². The molecule has 0 spiro atoms. The van der Waals surface area contributed by atoms with Crippen LogP contribution in [0.15, 0.2) is 24.4 Å². The molecule has 0 amide bonds. The van der Waals surface area contributed by atoms with Crippen molar-refractivity contribution in [2.24, 2.45) is 5.73 Å². The van der Waals surface area contributed by atoms with Crippen LogP contribution in [-0.4, -0.2) is 16.0 Å². The molecule has 3 N–H and O–H groups in total. The third-order valence-corrected chi connectivity index (χ3v) is 2.45. The van der Waals surface area contributed by atoms with Crippen molar-refractivity contribution in [2.75, 3.05) is 0 Å². The Morgan fingerprint density at radius 1 is 1.57 bits per heavy atom. The summed E-state index contributed by atoms with van der Waals surface area (Å²) in [4.78, 5) is 7.51. The summed E-state index contributed by atoms with van der Waals surface area (Å²) in [5.41, 5.74) is 8.01. The Morgan fingerprint density at radius 2 is 2.43 bits per heavy atom. The number of H-pyrrole nitrogens is 1. The number of rotatable bonds is 3. The minimum atomic E-state index is 0.239. The van der Waals surface area contributed by atoms with Crippen molar-refractivity contribution in [3.63, 3.8) is 0 Å². The lowest BCUT2D eigenvalue weighted by Gasteiger charge is -2.05. The van der Waals surface area contributed by atoms with E-state index in [1.807, 2.05) is 6.07 Å². The molecule has 1 unspecified atom stereocenters. The molecule has 0 saturated carbocycles. The van der Waals surface area contributed by atoms with Gasteiger partial charge in [-0.05, 0) is 24.6 Å². The number of nitrogens with zero attached hydrogens (tertiary/aromatic N) is 1. The molecule has 74 valence electrons. The summed E-state index contributed by atoms with van der Waals surface area (Å²) < 4.78 is 0. The second-order valence-electron chi connectivity index (χ2n) is 3.61. The van der Waals surface area contributed by atoms with E-state index in [0.717, 1.165) is 23.9 Å². The van der Waals surface area contributed by atoms with Crippen LogP contribution < -0.4 is 5.73 Å². The van der Waals surface area contributed by atoms with Gasteiger partial charge < -0.3 is 10.7 Å². The lowest BCUT2D eigenvalue weighted by molar-refractivity contribution is 0.639. The monoisotopic (exact) mass is 189 g/mol. The summed E-state index contributed by atoms with van der Waals surface area (Å²) in [5.74, 6) is 0. The molecule has 2 aromatic heterocycles. The van der Waals surface area contributed by atoms with Crippen molar-refractivity contribution in [1.82, 2.24) is 9.97 Å². The third kappa shape index (κ3) is 1.77. The van der Waals surface area contributed by atoms with Gasteiger partial charge in [-0.15, -0.1) is 0 Å². The molecule has 0 radical (unpaired) electrons. The van der Waals surface area contributed by atoms with Crippen molar-refractivity contribution in [1.29, 1.82) is 0 Å². The summed E-state index contributed by atoms with van der Waals surface area (Å²) in [7, 11) is 0. The fraction of sp³-hybridized carbons (Fsp3) is 0.364. The van der Waals surface area contributed by atoms with Crippen molar-refractivity contribution >= 4 is 11.0 Å². The van der Waals surface area contributed by atoms with Gasteiger partial charge in [0.05, 0.1) is 0 Å². The molecular formula is C11H15N3. The molecule has 0 saturated heterocycles. The first kappa shape index (κ1) is 9.21. The van der Waals surface area contributed by atoms with E-state index in [9.17, 15) is 0 Å². The first-order chi connectivity index (χ1) is 6.79. The molecular weight excluding hydrogens is 174 g/mol. The Morgan fingerprint density at radius 3 is 3.14 bits per heavy atom. The van der Waals surface area contributed by atoms with E-state index in [1.165, 1.54) is 5.69 Å². The van der Waals surface area contributed by atoms with Gasteiger partial charge in [-0.2, -0.15) is 0 Å². The van der Waals surface area contributed by atoms with Crippen LogP contribution in [0.5, 0.6) is 0 Å². The number of hydrogen-bond donors (Lipinski definition) is 2. The van der Waals surface area contributed by atoms with Crippen LogP contribution in [0.4, 0.5) is 0 Å². The average molecular weight is 189 g/mol. The molecule has 2 aromatic rings. The molecule has 3 heteroatoms. The second-order valence-corrected chi connectivity index (χ2v) is 3.61. The van der Waals surface area contributed by atoms with Crippen LogP contribution in [0.1, 0.15) is 19.0 Å². The van der Waals surface area contributed by atoms with Crippen molar-refractivity contribution in [2.45, 2.75) is 25.8 Å². The molecule has 0 aliphatic heterocycles. The van der Waals surface area contributed by atoms with Gasteiger partial charge in [-0.1, -0.05) is 6.92 Å². The highest BCUT2D eigenvalue weighted by atomic mass is 14.9. The smallest absolute Gasteiger partial charge is 0.137 e. The standard InChI is InChI=1S/C11H15N3/c1-2-9(12)7-10-6-8-4-3-5-13-11(8)14-10/h3-6,9H,2,7,12H2,1H3,(H,13,14). The van der Waals surface area contributed by atoms with Gasteiger partial charge in [0.1, 0.15) is 5.65 Å². The van der Waals surface area contributed by atoms with E-state index < -0.39 is 0 Å². The molecule has 0 bridgehead atoms. The predicted octanol–water partition coefficient (Wildman–Crippen LogP) is 1.84. The maximum absolute atomic E-state index is 5.89. The zero-order valence-corrected chi connectivity index (χ0v) is 8.33. The highest BCUT2D eigenvalue weighted by Gasteiger charge is 2.04. The van der Waals surface area contributed by atoms with Gasteiger partial charge in [0.2, 0.25) is 0 Å². The predicted molar refractivity (Wildman–Crippen MR) is 58.1 cm³/mol. The molecule has 2 rings (SSSR count). The minimum Gasteiger partial charge on any atom is -0.343 e. The number of hydrogen-bond acceptors (Lipinski definition) is 2. The molecule has 1 atom stereocenters. The lowest BCUT2D eigenvalue weighted by Crippen LogP contribution is -2.21. The highest BCUT2D eigenvalue weighted by molar-refractivity contribution is 5.76. The van der Waals surface area contributed by atoms with Crippen molar-refractivity contribution < 1.29 is 0 Å². The second kappa shape index (κ2) is 3.80. The van der Waals surface area contributed by atoms with E-state index in [-0.39, 0.29) is 6.04 Å². The summed E-state index contributed by atoms with van der Waals surface area (Å²) in [6.45, 7) is 2.10. The molecule has 0 aliphatic carbocycles. The molecule has 14 heavy (non-hydrogen) atoms. The highest BCUT2D eigenvalue weighted by Crippen LogP contribution is 2.13. The molecule has 2 heterocycles. The summed E-state index contributed by atoms with van der Waals surface area (Å²) in [5, 5.41) is 1.16. The maximum Gasteiger partial charge on any atom is 0.137 e. The molecule has 0 aliphatic rings. The zero-order valence-electron chi connectivity index (χ0n) is 8.33. The summed E-state index contributed by atoms with van der Waals surface area (Å²) in [6, 6.07) is 6.36. The van der Waals surface area contributed by atoms with Crippen LogP contribution in [0.25, 0.3) is 11.0 Å². The number of pyridine rings is 1. The van der Waals surface area contributed by atoms with Gasteiger partial charge in [-0.25, -0.2) is 4.98 Å². The Kier molecular flexibility index (Phi) is 2.50. The number of aromatic nitrogens is 2. The third-order valence-electron chi connectivity index (χ3n) is 2.45. The topological polar surface area (TPSA) is 54.7 Å². The maximum atomic E-state index is 5.89. The minimum absolute atomic E-state index is 0.239. The van der Waals surface area contributed by atoms with Crippen molar-refractivity contribution in [3.8, 4) is 0 Å². The Hall–Kier alpha value is -1.35. The lowest BCUT2D eigenvalue weighted by atomic mass is 10.1. The van der Waals surface area contributed by atoms with Gasteiger partial charge in [0.15, 0.2) is 0 Å². The van der Waals surface area contributed by atoms with E-state index in [0.29, 0.717) is 0 Å². The van der Waals surface area contributed by atoms with Crippen LogP contribution in [-0.2, 0) is 6.42 Å². The first-order valence-electron chi connectivity index (χ1n) is 4.97. The molecule has 0 fully saturated rings. The van der Waals surface area contributed by atoms with E-state index in [2.05, 4.69) is 29.0 Å². The number of nitrogens with one attached hydrogen (secondary N) is 1. The van der Waals surface area contributed by atoms with Crippen LogP contribution in [0.2, 0.25) is 0 Å². The number of aromatic amines is 1. The first-order valence-corrected chi connectivity index (χ1v) is 4.97. The van der Waals surface area contributed by atoms with E-state index >= 15 is 0 Å². The summed E-state index contributed by atoms with van der Waals surface area (Å²) in [6.07, 6.45) is 3.69. The number of fused-ring (bicyclic) bond motifs is 1. The zero-order chi connectivity index (χ0) is 9.97. The Labute approximate surface area is 83.3 Å². The van der Waals surface area contributed by atoms with Gasteiger partial charge in [0.25, 0.3) is 0 Å². The van der Waals surface area contributed by atoms with Gasteiger partial charge >= 0.3 is 0 Å². The quantitative estimate of drug-likeness (QED) is 0.774. The SMILES string of the molecule is CCC(N)Cc1cc2cccnc2[nH]1. The van der Waals surface area contributed by atoms with Crippen LogP contribution in [0, 0.1) is 0 Å². The fourth-order valence-electron chi connectivity index (χ4n) is 1.55. The largest absolute Gasteiger partial charge is 0.343 e. The van der Waals surface area contributed by atoms with E-state index in [4.69, 9.17) is 5.73 Å². The average Bonchev–Trinajstić information content (AvgIpc) is 2.59. The fourth-order valence-corrected chi connectivity index (χ4v) is 1.55. The van der Waals surface area contributed by atoms with Crippen molar-refractivity contribution in [3.05, 3.63) is 30.1 Å².